The Balaban J connectivity index is 1.83. The molecule has 0 aliphatic heterocycles. The van der Waals surface area contributed by atoms with E-state index in [-0.39, 0.29) is 18.9 Å². The summed E-state index contributed by atoms with van der Waals surface area (Å²) in [5.41, 5.74) is 1.85. The van der Waals surface area contributed by atoms with E-state index in [1.807, 2.05) is 36.6 Å². The molecular formula is C18H20N2O3S. The zero-order valence-corrected chi connectivity index (χ0v) is 14.3. The van der Waals surface area contributed by atoms with E-state index in [4.69, 9.17) is 16.3 Å². The summed E-state index contributed by atoms with van der Waals surface area (Å²) in [6, 6.07) is 7.39. The lowest BCUT2D eigenvalue weighted by molar-refractivity contribution is -0.121. The molecule has 6 heteroatoms. The molecule has 5 nitrogen and oxygen atoms in total. The van der Waals surface area contributed by atoms with Gasteiger partial charge in [0.2, 0.25) is 5.91 Å². The summed E-state index contributed by atoms with van der Waals surface area (Å²) in [5.74, 6) is 3.00. The highest BCUT2D eigenvalue weighted by Gasteiger charge is 2.12. The highest BCUT2D eigenvalue weighted by atomic mass is 32.1. The first-order valence-electron chi connectivity index (χ1n) is 7.57. The van der Waals surface area contributed by atoms with Crippen LogP contribution in [-0.4, -0.2) is 28.6 Å². The number of nitrogens with one attached hydrogen (secondary N) is 1. The van der Waals surface area contributed by atoms with Gasteiger partial charge in [0.1, 0.15) is 17.4 Å². The van der Waals surface area contributed by atoms with Gasteiger partial charge >= 0.3 is 0 Å². The molecule has 0 bridgehead atoms. The third-order valence-electron chi connectivity index (χ3n) is 3.27. The van der Waals surface area contributed by atoms with Gasteiger partial charge in [-0.05, 0) is 19.1 Å². The molecular weight excluding hydrogens is 324 g/mol. The number of nitrogens with zero attached hydrogens (tertiary/aromatic N) is 1. The monoisotopic (exact) mass is 344 g/mol. The number of aliphatic hydroxyl groups is 1. The maximum absolute atomic E-state index is 11.9. The molecule has 24 heavy (non-hydrogen) atoms. The van der Waals surface area contributed by atoms with Crippen molar-refractivity contribution in [3.8, 4) is 18.1 Å². The number of carbonyl (C=O) groups excluding carboxylic acids is 1. The van der Waals surface area contributed by atoms with Gasteiger partial charge in [-0.25, -0.2) is 4.98 Å². The van der Waals surface area contributed by atoms with E-state index < -0.39 is 6.04 Å². The molecule has 1 aromatic heterocycles. The van der Waals surface area contributed by atoms with Crippen LogP contribution in [0.1, 0.15) is 22.7 Å². The van der Waals surface area contributed by atoms with Gasteiger partial charge in [0, 0.05) is 11.8 Å². The molecule has 0 spiro atoms. The van der Waals surface area contributed by atoms with Crippen molar-refractivity contribution in [2.24, 2.45) is 0 Å². The second-order valence-corrected chi connectivity index (χ2v) is 6.31. The maximum Gasteiger partial charge on any atom is 0.226 e. The second kappa shape index (κ2) is 9.06. The average molecular weight is 344 g/mol. The van der Waals surface area contributed by atoms with Crippen LogP contribution < -0.4 is 10.1 Å². The van der Waals surface area contributed by atoms with Crippen LogP contribution in [0.3, 0.4) is 0 Å². The van der Waals surface area contributed by atoms with Gasteiger partial charge in [0.15, 0.2) is 0 Å². The Bertz CT molecular complexity index is 704. The van der Waals surface area contributed by atoms with Gasteiger partial charge in [-0.1, -0.05) is 17.7 Å². The van der Waals surface area contributed by atoms with Crippen molar-refractivity contribution in [3.63, 3.8) is 0 Å². The highest BCUT2D eigenvalue weighted by molar-refractivity contribution is 7.09. The number of rotatable bonds is 8. The number of aryl methyl sites for hydroxylation is 1. The Morgan fingerprint density at radius 3 is 2.88 bits per heavy atom. The molecule has 0 fully saturated rings. The molecule has 1 amide bonds. The van der Waals surface area contributed by atoms with Crippen LogP contribution >= 0.6 is 11.3 Å². The molecule has 0 radical (unpaired) electrons. The lowest BCUT2D eigenvalue weighted by Gasteiger charge is -2.12. The van der Waals surface area contributed by atoms with Crippen LogP contribution in [0.25, 0.3) is 0 Å². The maximum atomic E-state index is 11.9. The summed E-state index contributed by atoms with van der Waals surface area (Å²) in [7, 11) is 0. The van der Waals surface area contributed by atoms with Crippen LogP contribution in [0.4, 0.5) is 0 Å². The molecule has 0 saturated heterocycles. The molecule has 1 aromatic carbocycles. The number of hydrogen-bond acceptors (Lipinski definition) is 5. The fourth-order valence-corrected chi connectivity index (χ4v) is 2.73. The minimum Gasteiger partial charge on any atom is -0.486 e. The van der Waals surface area contributed by atoms with Crippen molar-refractivity contribution in [2.75, 3.05) is 6.61 Å². The number of carbonyl (C=O) groups is 1. The summed E-state index contributed by atoms with van der Waals surface area (Å²) in [6.45, 7) is 2.21. The predicted octanol–water partition coefficient (Wildman–Crippen LogP) is 2.07. The van der Waals surface area contributed by atoms with Gasteiger partial charge in [0.25, 0.3) is 0 Å². The lowest BCUT2D eigenvalue weighted by Crippen LogP contribution is -2.38. The largest absolute Gasteiger partial charge is 0.486 e. The van der Waals surface area contributed by atoms with E-state index in [2.05, 4.69) is 16.2 Å². The van der Waals surface area contributed by atoms with Crippen molar-refractivity contribution in [1.82, 2.24) is 10.3 Å². The van der Waals surface area contributed by atoms with Crippen LogP contribution in [0.2, 0.25) is 0 Å². The van der Waals surface area contributed by atoms with Crippen molar-refractivity contribution in [2.45, 2.75) is 32.4 Å². The normalized spacial score (nSPS) is 11.5. The first kappa shape index (κ1) is 18.0. The topological polar surface area (TPSA) is 71.5 Å². The zero-order chi connectivity index (χ0) is 17.4. The van der Waals surface area contributed by atoms with Gasteiger partial charge in [-0.3, -0.25) is 4.79 Å². The molecule has 2 aromatic rings. The quantitative estimate of drug-likeness (QED) is 0.719. The third-order valence-corrected chi connectivity index (χ3v) is 4.15. The number of aromatic nitrogens is 1. The van der Waals surface area contributed by atoms with Crippen molar-refractivity contribution in [3.05, 3.63) is 45.9 Å². The third kappa shape index (κ3) is 5.69. The summed E-state index contributed by atoms with van der Waals surface area (Å²) in [4.78, 5) is 16.3. The first-order valence-corrected chi connectivity index (χ1v) is 8.45. The van der Waals surface area contributed by atoms with E-state index in [9.17, 15) is 4.79 Å². The fourth-order valence-electron chi connectivity index (χ4n) is 2.02. The van der Waals surface area contributed by atoms with E-state index >= 15 is 0 Å². The van der Waals surface area contributed by atoms with Crippen molar-refractivity contribution < 1.29 is 14.6 Å². The molecule has 126 valence electrons. The Kier molecular flexibility index (Phi) is 6.79. The summed E-state index contributed by atoms with van der Waals surface area (Å²) in [6.07, 6.45) is 5.64. The van der Waals surface area contributed by atoms with E-state index in [0.717, 1.165) is 10.8 Å². The first-order chi connectivity index (χ1) is 11.6. The second-order valence-electron chi connectivity index (χ2n) is 5.37. The van der Waals surface area contributed by atoms with E-state index in [1.54, 1.807) is 0 Å². The minimum absolute atomic E-state index is 0.155. The highest BCUT2D eigenvalue weighted by Crippen LogP contribution is 2.16. The molecule has 1 atom stereocenters. The lowest BCUT2D eigenvalue weighted by atomic mass is 10.2. The molecule has 0 aliphatic rings. The molecule has 0 saturated carbocycles. The van der Waals surface area contributed by atoms with E-state index in [0.29, 0.717) is 18.7 Å². The Hall–Kier alpha value is -2.36. The fraction of sp³-hybridized carbons (Fsp3) is 0.333. The van der Waals surface area contributed by atoms with Gasteiger partial charge in [0.05, 0.1) is 24.8 Å². The Morgan fingerprint density at radius 2 is 2.21 bits per heavy atom. The van der Waals surface area contributed by atoms with Crippen LogP contribution in [0.15, 0.2) is 29.6 Å². The minimum atomic E-state index is -0.412. The smallest absolute Gasteiger partial charge is 0.226 e. The van der Waals surface area contributed by atoms with Crippen LogP contribution in [0, 0.1) is 19.3 Å². The molecule has 1 unspecified atom stereocenters. The number of amides is 1. The predicted molar refractivity (Wildman–Crippen MR) is 93.8 cm³/mol. The Morgan fingerprint density at radius 1 is 1.46 bits per heavy atom. The average Bonchev–Trinajstić information content (AvgIpc) is 3.01. The van der Waals surface area contributed by atoms with Crippen molar-refractivity contribution >= 4 is 17.2 Å². The molecule has 2 N–H and O–H groups in total. The SMILES string of the molecule is C#CCC(CO)NC(=O)Cc1csc(COc2ccc(C)cc2)n1. The summed E-state index contributed by atoms with van der Waals surface area (Å²) >= 11 is 1.45. The van der Waals surface area contributed by atoms with Gasteiger partial charge in [-0.15, -0.1) is 23.7 Å². The molecule has 2 rings (SSSR count). The molecule has 1 heterocycles. The summed E-state index contributed by atoms with van der Waals surface area (Å²) < 4.78 is 5.67. The van der Waals surface area contributed by atoms with Gasteiger partial charge < -0.3 is 15.2 Å². The number of aliphatic hydroxyl groups excluding tert-OH is 1. The number of hydrogen-bond donors (Lipinski definition) is 2. The van der Waals surface area contributed by atoms with Crippen LogP contribution in [-0.2, 0) is 17.8 Å². The number of terminal acetylenes is 1. The van der Waals surface area contributed by atoms with Crippen molar-refractivity contribution in [1.29, 1.82) is 0 Å². The Labute approximate surface area is 145 Å². The number of ether oxygens (including phenoxy) is 1. The molecule has 0 aliphatic carbocycles. The zero-order valence-electron chi connectivity index (χ0n) is 13.5. The number of benzene rings is 1. The van der Waals surface area contributed by atoms with Gasteiger partial charge in [-0.2, -0.15) is 0 Å². The number of thiazole rings is 1. The van der Waals surface area contributed by atoms with Crippen LogP contribution in [0.5, 0.6) is 5.75 Å². The summed E-state index contributed by atoms with van der Waals surface area (Å²) in [5, 5.41) is 14.5. The van der Waals surface area contributed by atoms with E-state index in [1.165, 1.54) is 16.9 Å². The standard InChI is InChI=1S/C18H20N2O3S/c1-3-4-14(10-21)19-17(22)9-15-12-24-18(20-15)11-23-16-7-5-13(2)6-8-16/h1,5-8,12,14,21H,4,9-11H2,2H3,(H,19,22).